The number of carbonyl (C=O) groups excluding carboxylic acids is 1. The molecule has 0 radical (unpaired) electrons. The molecule has 3 nitrogen and oxygen atoms in total. The van der Waals surface area contributed by atoms with Crippen molar-refractivity contribution >= 4 is 45.9 Å². The minimum atomic E-state index is -0.144. The molecule has 0 saturated heterocycles. The highest BCUT2D eigenvalue weighted by Gasteiger charge is 2.07. The van der Waals surface area contributed by atoms with Gasteiger partial charge in [0.05, 0.1) is 5.69 Å². The number of halogens is 1. The fraction of sp³-hybridized carbons (Fsp3) is 0.0714. The van der Waals surface area contributed by atoms with E-state index in [9.17, 15) is 4.79 Å². The Kier molecular flexibility index (Phi) is 5.09. The lowest BCUT2D eigenvalue weighted by atomic mass is 10.2. The van der Waals surface area contributed by atoms with Crippen molar-refractivity contribution in [3.05, 3.63) is 57.7 Å². The van der Waals surface area contributed by atoms with E-state index in [1.165, 1.54) is 4.90 Å². The van der Waals surface area contributed by atoms with Gasteiger partial charge in [0.2, 0.25) is 0 Å². The average molecular weight is 384 g/mol. The first-order valence-electron chi connectivity index (χ1n) is 5.65. The molecular formula is C14H13IN2OS. The number of hydrogen-bond acceptors (Lipinski definition) is 3. The van der Waals surface area contributed by atoms with Gasteiger partial charge >= 0.3 is 0 Å². The zero-order valence-electron chi connectivity index (χ0n) is 10.3. The number of rotatable bonds is 4. The van der Waals surface area contributed by atoms with Crippen molar-refractivity contribution < 1.29 is 4.79 Å². The summed E-state index contributed by atoms with van der Waals surface area (Å²) in [7, 11) is 0. The van der Waals surface area contributed by atoms with E-state index in [1.54, 1.807) is 11.8 Å². The molecule has 0 saturated carbocycles. The smallest absolute Gasteiger partial charge is 0.269 e. The third kappa shape index (κ3) is 3.87. The third-order valence-corrected chi connectivity index (χ3v) is 4.56. The molecule has 0 atom stereocenters. The van der Waals surface area contributed by atoms with Crippen LogP contribution < -0.4 is 10.9 Å². The van der Waals surface area contributed by atoms with Gasteiger partial charge in [-0.25, -0.2) is 0 Å². The molecule has 0 aromatic heterocycles. The summed E-state index contributed by atoms with van der Waals surface area (Å²) in [4.78, 5) is 13.2. The first kappa shape index (κ1) is 14.2. The highest BCUT2D eigenvalue weighted by atomic mass is 127. The SMILES string of the molecule is CSc1ccc(C(=O)NNc2ccccc2)cc1I. The first-order chi connectivity index (χ1) is 9.20. The number of benzene rings is 2. The number of carbonyl (C=O) groups is 1. The molecule has 0 aliphatic rings. The number of para-hydroxylation sites is 1. The van der Waals surface area contributed by atoms with Gasteiger partial charge in [0.15, 0.2) is 0 Å². The summed E-state index contributed by atoms with van der Waals surface area (Å²) >= 11 is 3.91. The Morgan fingerprint density at radius 1 is 1.16 bits per heavy atom. The van der Waals surface area contributed by atoms with Gasteiger partial charge in [-0.3, -0.25) is 15.6 Å². The molecule has 5 heteroatoms. The predicted octanol–water partition coefficient (Wildman–Crippen LogP) is 3.77. The quantitative estimate of drug-likeness (QED) is 0.479. The summed E-state index contributed by atoms with van der Waals surface area (Å²) in [6.45, 7) is 0. The molecule has 1 amide bonds. The van der Waals surface area contributed by atoms with E-state index in [-0.39, 0.29) is 5.91 Å². The average Bonchev–Trinajstić information content (AvgIpc) is 2.45. The second kappa shape index (κ2) is 6.81. The van der Waals surface area contributed by atoms with E-state index in [4.69, 9.17) is 0 Å². The van der Waals surface area contributed by atoms with Crippen molar-refractivity contribution in [2.24, 2.45) is 0 Å². The van der Waals surface area contributed by atoms with Crippen LogP contribution in [0.4, 0.5) is 5.69 Å². The minimum Gasteiger partial charge on any atom is -0.298 e. The van der Waals surface area contributed by atoms with Gasteiger partial charge in [-0.05, 0) is 59.2 Å². The maximum absolute atomic E-state index is 12.0. The Hall–Kier alpha value is -1.21. The highest BCUT2D eigenvalue weighted by Crippen LogP contribution is 2.23. The lowest BCUT2D eigenvalue weighted by molar-refractivity contribution is 0.0962. The Balaban J connectivity index is 2.02. The van der Waals surface area contributed by atoms with Gasteiger partial charge in [-0.2, -0.15) is 0 Å². The van der Waals surface area contributed by atoms with Gasteiger partial charge in [0, 0.05) is 14.0 Å². The largest absolute Gasteiger partial charge is 0.298 e. The van der Waals surface area contributed by atoms with E-state index in [2.05, 4.69) is 33.4 Å². The molecule has 2 aromatic rings. The molecule has 0 bridgehead atoms. The molecule has 0 unspecified atom stereocenters. The summed E-state index contributed by atoms with van der Waals surface area (Å²) in [5, 5.41) is 0. The summed E-state index contributed by atoms with van der Waals surface area (Å²) in [5.41, 5.74) is 7.06. The fourth-order valence-electron chi connectivity index (χ4n) is 1.53. The summed E-state index contributed by atoms with van der Waals surface area (Å²) in [6.07, 6.45) is 2.02. The van der Waals surface area contributed by atoms with E-state index in [0.29, 0.717) is 5.56 Å². The predicted molar refractivity (Wildman–Crippen MR) is 88.5 cm³/mol. The van der Waals surface area contributed by atoms with E-state index < -0.39 is 0 Å². The van der Waals surface area contributed by atoms with Crippen LogP contribution in [0.5, 0.6) is 0 Å². The molecule has 0 heterocycles. The van der Waals surface area contributed by atoms with Crippen LogP contribution >= 0.6 is 34.4 Å². The Morgan fingerprint density at radius 2 is 1.89 bits per heavy atom. The van der Waals surface area contributed by atoms with Gasteiger partial charge < -0.3 is 0 Å². The number of nitrogens with one attached hydrogen (secondary N) is 2. The van der Waals surface area contributed by atoms with Gasteiger partial charge in [0.25, 0.3) is 5.91 Å². The fourth-order valence-corrected chi connectivity index (χ4v) is 3.16. The molecule has 2 aromatic carbocycles. The maximum atomic E-state index is 12.0. The lowest BCUT2D eigenvalue weighted by Gasteiger charge is -2.09. The second-order valence-corrected chi connectivity index (χ2v) is 5.80. The Labute approximate surface area is 130 Å². The van der Waals surface area contributed by atoms with Gasteiger partial charge in [-0.1, -0.05) is 18.2 Å². The van der Waals surface area contributed by atoms with E-state index >= 15 is 0 Å². The first-order valence-corrected chi connectivity index (χ1v) is 7.96. The molecule has 0 aliphatic carbocycles. The van der Waals surface area contributed by atoms with Gasteiger partial charge in [0.1, 0.15) is 0 Å². The molecule has 98 valence electrons. The van der Waals surface area contributed by atoms with Crippen molar-refractivity contribution in [1.82, 2.24) is 5.43 Å². The van der Waals surface area contributed by atoms with Crippen LogP contribution in [-0.2, 0) is 0 Å². The normalized spacial score (nSPS) is 10.0. The zero-order chi connectivity index (χ0) is 13.7. The van der Waals surface area contributed by atoms with Crippen molar-refractivity contribution in [1.29, 1.82) is 0 Å². The number of thioether (sulfide) groups is 1. The van der Waals surface area contributed by atoms with Gasteiger partial charge in [-0.15, -0.1) is 11.8 Å². The maximum Gasteiger partial charge on any atom is 0.269 e. The van der Waals surface area contributed by atoms with Crippen LogP contribution in [-0.4, -0.2) is 12.2 Å². The summed E-state index contributed by atoms with van der Waals surface area (Å²) < 4.78 is 1.08. The summed E-state index contributed by atoms with van der Waals surface area (Å²) in [6, 6.07) is 15.2. The van der Waals surface area contributed by atoms with Crippen LogP contribution in [0.2, 0.25) is 0 Å². The molecular weight excluding hydrogens is 371 g/mol. The molecule has 0 fully saturated rings. The number of hydrogen-bond donors (Lipinski definition) is 2. The van der Waals surface area contributed by atoms with E-state index in [0.717, 1.165) is 9.26 Å². The summed E-state index contributed by atoms with van der Waals surface area (Å²) in [5.74, 6) is -0.144. The number of anilines is 1. The number of amides is 1. The van der Waals surface area contributed by atoms with Crippen LogP contribution in [0.15, 0.2) is 53.4 Å². The van der Waals surface area contributed by atoms with Crippen LogP contribution in [0.3, 0.4) is 0 Å². The zero-order valence-corrected chi connectivity index (χ0v) is 13.3. The van der Waals surface area contributed by atoms with Crippen molar-refractivity contribution in [3.8, 4) is 0 Å². The molecule has 0 aliphatic heterocycles. The van der Waals surface area contributed by atoms with Crippen LogP contribution in [0.25, 0.3) is 0 Å². The van der Waals surface area contributed by atoms with Crippen LogP contribution in [0, 0.1) is 3.57 Å². The lowest BCUT2D eigenvalue weighted by Crippen LogP contribution is -2.29. The minimum absolute atomic E-state index is 0.144. The standard InChI is InChI=1S/C14H13IN2OS/c1-19-13-8-7-10(9-12(13)15)14(18)17-16-11-5-3-2-4-6-11/h2-9,16H,1H3,(H,17,18). The second-order valence-electron chi connectivity index (χ2n) is 3.79. The molecule has 19 heavy (non-hydrogen) atoms. The topological polar surface area (TPSA) is 41.1 Å². The molecule has 0 spiro atoms. The Morgan fingerprint density at radius 3 is 2.53 bits per heavy atom. The van der Waals surface area contributed by atoms with Crippen molar-refractivity contribution in [2.75, 3.05) is 11.7 Å². The molecule has 2 N–H and O–H groups in total. The van der Waals surface area contributed by atoms with E-state index in [1.807, 2.05) is 54.8 Å². The van der Waals surface area contributed by atoms with Crippen molar-refractivity contribution in [3.63, 3.8) is 0 Å². The highest BCUT2D eigenvalue weighted by molar-refractivity contribution is 14.1. The van der Waals surface area contributed by atoms with Crippen molar-refractivity contribution in [2.45, 2.75) is 4.90 Å². The Bertz CT molecular complexity index is 575. The van der Waals surface area contributed by atoms with Crippen LogP contribution in [0.1, 0.15) is 10.4 Å². The monoisotopic (exact) mass is 384 g/mol. The molecule has 2 rings (SSSR count). The third-order valence-electron chi connectivity index (χ3n) is 2.51. The number of hydrazine groups is 1.